The van der Waals surface area contributed by atoms with Gasteiger partial charge in [-0.05, 0) is 62.2 Å². The number of benzene rings is 3. The van der Waals surface area contributed by atoms with Crippen LogP contribution in [-0.2, 0) is 25.7 Å². The highest BCUT2D eigenvalue weighted by Gasteiger charge is 2.34. The maximum absolute atomic E-state index is 14.4. The number of thiazole rings is 1. The molecule has 2 heterocycles. The van der Waals surface area contributed by atoms with Crippen molar-refractivity contribution in [2.75, 3.05) is 34.0 Å². The second-order valence-corrected chi connectivity index (χ2v) is 12.5. The number of carbonyl (C=O) groups is 2. The number of esters is 2. The van der Waals surface area contributed by atoms with Gasteiger partial charge < -0.3 is 28.4 Å². The number of carbonyl (C=O) groups excluding carboxylic acids is 2. The summed E-state index contributed by atoms with van der Waals surface area (Å²) in [7, 11) is 2.82. The summed E-state index contributed by atoms with van der Waals surface area (Å²) in [6.45, 7) is 5.62. The fraction of sp³-hybridized carbons (Fsp3) is 0.278. The largest absolute Gasteiger partial charge is 0.493 e. The van der Waals surface area contributed by atoms with Gasteiger partial charge in [-0.3, -0.25) is 9.36 Å². The summed E-state index contributed by atoms with van der Waals surface area (Å²) >= 11 is 4.73. The first kappa shape index (κ1) is 35.4. The van der Waals surface area contributed by atoms with Crippen LogP contribution in [0.5, 0.6) is 23.0 Å². The first-order valence-electron chi connectivity index (χ1n) is 15.4. The van der Waals surface area contributed by atoms with Crippen LogP contribution in [0, 0.1) is 0 Å². The molecule has 13 heteroatoms. The Kier molecular flexibility index (Phi) is 11.6. The van der Waals surface area contributed by atoms with Gasteiger partial charge >= 0.3 is 11.9 Å². The predicted octanol–water partition coefficient (Wildman–Crippen LogP) is 5.10. The second-order valence-electron chi connectivity index (χ2n) is 10.6. The van der Waals surface area contributed by atoms with E-state index in [2.05, 4.69) is 20.9 Å². The van der Waals surface area contributed by atoms with Gasteiger partial charge in [0.05, 0.1) is 49.3 Å². The topological polar surface area (TPSA) is 124 Å². The van der Waals surface area contributed by atoms with E-state index in [9.17, 15) is 14.4 Å². The molecule has 256 valence electrons. The van der Waals surface area contributed by atoms with Crippen molar-refractivity contribution in [2.24, 2.45) is 4.99 Å². The van der Waals surface area contributed by atoms with Crippen molar-refractivity contribution < 1.29 is 38.0 Å². The number of hydrogen-bond acceptors (Lipinski definition) is 11. The summed E-state index contributed by atoms with van der Waals surface area (Å²) < 4.78 is 36.1. The van der Waals surface area contributed by atoms with E-state index < -0.39 is 18.0 Å². The molecule has 0 amide bonds. The van der Waals surface area contributed by atoms with Crippen LogP contribution in [0.15, 0.2) is 86.2 Å². The molecule has 0 spiro atoms. The third kappa shape index (κ3) is 7.89. The second kappa shape index (κ2) is 16.0. The molecule has 1 aromatic heterocycles. The normalized spacial score (nSPS) is 14.1. The lowest BCUT2D eigenvalue weighted by atomic mass is 9.95. The van der Waals surface area contributed by atoms with Gasteiger partial charge in [-0.2, -0.15) is 0 Å². The van der Waals surface area contributed by atoms with Crippen LogP contribution in [0.25, 0.3) is 6.08 Å². The number of halogens is 1. The summed E-state index contributed by atoms with van der Waals surface area (Å²) in [6.07, 6.45) is 1.73. The van der Waals surface area contributed by atoms with E-state index in [1.807, 2.05) is 43.3 Å². The highest BCUT2D eigenvalue weighted by Crippen LogP contribution is 2.38. The average molecular weight is 752 g/mol. The van der Waals surface area contributed by atoms with Crippen molar-refractivity contribution >= 4 is 45.3 Å². The average Bonchev–Trinajstić information content (AvgIpc) is 3.40. The Labute approximate surface area is 295 Å². The number of hydrogen-bond donors (Lipinski definition) is 0. The van der Waals surface area contributed by atoms with Crippen LogP contribution in [0.2, 0.25) is 0 Å². The van der Waals surface area contributed by atoms with Crippen LogP contribution in [0.3, 0.4) is 0 Å². The number of fused-ring (bicyclic) bond motifs is 1. The maximum atomic E-state index is 14.4. The zero-order chi connectivity index (χ0) is 35.1. The smallest absolute Gasteiger partial charge is 0.343 e. The zero-order valence-electron chi connectivity index (χ0n) is 27.6. The molecule has 49 heavy (non-hydrogen) atoms. The summed E-state index contributed by atoms with van der Waals surface area (Å²) in [6, 6.07) is 17.5. The number of allylic oxidation sites excluding steroid dienone is 1. The van der Waals surface area contributed by atoms with Gasteiger partial charge in [-0.1, -0.05) is 63.7 Å². The molecular weight excluding hydrogens is 716 g/mol. The highest BCUT2D eigenvalue weighted by atomic mass is 79.9. The third-order valence-electron chi connectivity index (χ3n) is 7.45. The Balaban J connectivity index is 1.66. The summed E-state index contributed by atoms with van der Waals surface area (Å²) in [5.74, 6) is 0.419. The van der Waals surface area contributed by atoms with E-state index in [1.165, 1.54) is 23.0 Å². The molecule has 1 aliphatic heterocycles. The van der Waals surface area contributed by atoms with Crippen LogP contribution in [0.4, 0.5) is 0 Å². The van der Waals surface area contributed by atoms with E-state index in [4.69, 9.17) is 28.4 Å². The molecule has 0 unspecified atom stereocenters. The monoisotopic (exact) mass is 750 g/mol. The van der Waals surface area contributed by atoms with E-state index >= 15 is 0 Å². The van der Waals surface area contributed by atoms with Crippen molar-refractivity contribution in [1.29, 1.82) is 0 Å². The van der Waals surface area contributed by atoms with Crippen LogP contribution < -0.4 is 33.8 Å². The summed E-state index contributed by atoms with van der Waals surface area (Å²) in [5, 5.41) is 0. The molecule has 1 atom stereocenters. The van der Waals surface area contributed by atoms with Gasteiger partial charge in [-0.15, -0.1) is 0 Å². The first-order valence-corrected chi connectivity index (χ1v) is 17.0. The van der Waals surface area contributed by atoms with Crippen molar-refractivity contribution in [3.8, 4) is 23.0 Å². The lowest BCUT2D eigenvalue weighted by Crippen LogP contribution is -2.40. The number of aromatic nitrogens is 1. The van der Waals surface area contributed by atoms with Gasteiger partial charge in [-0.25, -0.2) is 14.6 Å². The van der Waals surface area contributed by atoms with Gasteiger partial charge in [0.15, 0.2) is 34.4 Å². The number of nitrogens with zero attached hydrogens (tertiary/aromatic N) is 2. The van der Waals surface area contributed by atoms with E-state index in [-0.39, 0.29) is 31.0 Å². The van der Waals surface area contributed by atoms with Crippen molar-refractivity contribution in [2.45, 2.75) is 33.4 Å². The van der Waals surface area contributed by atoms with Gasteiger partial charge in [0.1, 0.15) is 6.61 Å². The fourth-order valence-electron chi connectivity index (χ4n) is 5.26. The molecule has 0 bridgehead atoms. The van der Waals surface area contributed by atoms with Gasteiger partial charge in [0.2, 0.25) is 0 Å². The third-order valence-corrected chi connectivity index (χ3v) is 8.90. The van der Waals surface area contributed by atoms with E-state index in [0.29, 0.717) is 55.8 Å². The van der Waals surface area contributed by atoms with Gasteiger partial charge in [0, 0.05) is 10.0 Å². The molecule has 4 aromatic rings. The molecule has 0 fully saturated rings. The molecule has 0 N–H and O–H groups in total. The number of rotatable bonds is 13. The zero-order valence-corrected chi connectivity index (χ0v) is 30.0. The minimum Gasteiger partial charge on any atom is -0.493 e. The standard InChI is InChI=1S/C36H35BrN2O9S/c1-6-45-27-16-23(13-14-26(27)47-20-30(40)44-5)32-31(35(42)46-7-2)21(3)38-36-39(32)34(41)29(49-36)17-24-15-25(37)18-28(43-4)33(24)48-19-22-11-9-8-10-12-22/h8-18,32H,6-7,19-20H2,1-5H3/b29-17+/t32-/m1/s1. The lowest BCUT2D eigenvalue weighted by Gasteiger charge is -2.25. The van der Waals surface area contributed by atoms with Crippen molar-refractivity contribution in [3.63, 3.8) is 0 Å². The molecule has 11 nitrogen and oxygen atoms in total. The molecule has 0 saturated carbocycles. The van der Waals surface area contributed by atoms with Crippen LogP contribution in [-0.4, -0.2) is 50.5 Å². The molecule has 0 radical (unpaired) electrons. The molecule has 0 aliphatic carbocycles. The molecule has 1 aliphatic rings. The minimum absolute atomic E-state index is 0.133. The van der Waals surface area contributed by atoms with E-state index in [1.54, 1.807) is 51.3 Å². The van der Waals surface area contributed by atoms with Crippen molar-refractivity contribution in [1.82, 2.24) is 4.57 Å². The van der Waals surface area contributed by atoms with E-state index in [0.717, 1.165) is 10.0 Å². The van der Waals surface area contributed by atoms with Crippen molar-refractivity contribution in [3.05, 3.63) is 113 Å². The molecular formula is C36H35BrN2O9S. The summed E-state index contributed by atoms with van der Waals surface area (Å²) in [5.41, 5.74) is 2.37. The Bertz CT molecular complexity index is 2070. The Morgan fingerprint density at radius 1 is 0.959 bits per heavy atom. The molecule has 3 aromatic carbocycles. The predicted molar refractivity (Wildman–Crippen MR) is 187 cm³/mol. The molecule has 5 rings (SSSR count). The molecule has 0 saturated heterocycles. The maximum Gasteiger partial charge on any atom is 0.343 e. The Hall–Kier alpha value is -4.88. The first-order chi connectivity index (χ1) is 23.7. The quantitative estimate of drug-likeness (QED) is 0.172. The lowest BCUT2D eigenvalue weighted by molar-refractivity contribution is -0.143. The van der Waals surface area contributed by atoms with Crippen LogP contribution in [0.1, 0.15) is 43.5 Å². The van der Waals surface area contributed by atoms with Crippen LogP contribution >= 0.6 is 27.3 Å². The minimum atomic E-state index is -0.905. The number of ether oxygens (including phenoxy) is 6. The Morgan fingerprint density at radius 2 is 1.73 bits per heavy atom. The fourth-order valence-corrected chi connectivity index (χ4v) is 6.75. The summed E-state index contributed by atoms with van der Waals surface area (Å²) in [4.78, 5) is 44.6. The Morgan fingerprint density at radius 3 is 2.43 bits per heavy atom. The SMILES string of the molecule is CCOC(=O)C1=C(C)N=c2s/c(=C/c3cc(Br)cc(OC)c3OCc3ccccc3)c(=O)n2[C@@H]1c1ccc(OCC(=O)OC)c(OCC)c1. The highest BCUT2D eigenvalue weighted by molar-refractivity contribution is 9.10. The number of methoxy groups -OCH3 is 2. The van der Waals surface area contributed by atoms with Gasteiger partial charge in [0.25, 0.3) is 5.56 Å².